The van der Waals surface area contributed by atoms with E-state index >= 15 is 0 Å². The van der Waals surface area contributed by atoms with E-state index in [1.54, 1.807) is 0 Å². The molecule has 0 amide bonds. The van der Waals surface area contributed by atoms with Crippen LogP contribution < -0.4 is 5.73 Å². The summed E-state index contributed by atoms with van der Waals surface area (Å²) in [6, 6.07) is 0.545. The molecule has 0 spiro atoms. The summed E-state index contributed by atoms with van der Waals surface area (Å²) in [4.78, 5) is 2.34. The van der Waals surface area contributed by atoms with Gasteiger partial charge in [0.15, 0.2) is 0 Å². The fourth-order valence-corrected chi connectivity index (χ4v) is 2.75. The molecule has 1 saturated heterocycles. The Morgan fingerprint density at radius 3 is 2.47 bits per heavy atom. The van der Waals surface area contributed by atoms with Crippen LogP contribution in [0.25, 0.3) is 0 Å². The predicted molar refractivity (Wildman–Crippen MR) is 69.9 cm³/mol. The van der Waals surface area contributed by atoms with E-state index in [0.29, 0.717) is 6.04 Å². The van der Waals surface area contributed by atoms with Crippen molar-refractivity contribution in [2.75, 3.05) is 13.6 Å². The van der Waals surface area contributed by atoms with E-state index in [9.17, 15) is 0 Å². The third kappa shape index (κ3) is 2.24. The van der Waals surface area contributed by atoms with E-state index in [1.165, 1.54) is 11.3 Å². The molecule has 4 nitrogen and oxygen atoms in total. The normalized spacial score (nSPS) is 26.7. The van der Waals surface area contributed by atoms with Gasteiger partial charge in [-0.1, -0.05) is 20.8 Å². The summed E-state index contributed by atoms with van der Waals surface area (Å²) in [6.07, 6.45) is 3.20. The number of nitrogens with zero attached hydrogens (tertiary/aromatic N) is 3. The van der Waals surface area contributed by atoms with Gasteiger partial charge in [-0.25, -0.2) is 0 Å². The summed E-state index contributed by atoms with van der Waals surface area (Å²) in [7, 11) is 4.14. The lowest BCUT2D eigenvalue weighted by molar-refractivity contribution is 0.300. The van der Waals surface area contributed by atoms with E-state index < -0.39 is 0 Å². The fraction of sp³-hybridized carbons (Fsp3) is 0.769. The lowest BCUT2D eigenvalue weighted by atomic mass is 9.86. The van der Waals surface area contributed by atoms with Crippen molar-refractivity contribution in [1.82, 2.24) is 14.7 Å². The second-order valence-corrected chi connectivity index (χ2v) is 6.23. The van der Waals surface area contributed by atoms with E-state index in [-0.39, 0.29) is 11.5 Å². The van der Waals surface area contributed by atoms with Gasteiger partial charge in [0.25, 0.3) is 0 Å². The maximum atomic E-state index is 6.24. The summed E-state index contributed by atoms with van der Waals surface area (Å²) >= 11 is 0. The van der Waals surface area contributed by atoms with Crippen molar-refractivity contribution in [3.8, 4) is 0 Å². The Bertz CT molecular complexity index is 392. The SMILES string of the molecule is CN1CCC(N)C1c1cn(C)nc1C(C)(C)C. The second-order valence-electron chi connectivity index (χ2n) is 6.23. The van der Waals surface area contributed by atoms with E-state index in [2.05, 4.69) is 44.0 Å². The highest BCUT2D eigenvalue weighted by Gasteiger charge is 2.35. The number of aromatic nitrogens is 2. The summed E-state index contributed by atoms with van der Waals surface area (Å²) < 4.78 is 1.91. The molecule has 17 heavy (non-hydrogen) atoms. The monoisotopic (exact) mass is 236 g/mol. The summed E-state index contributed by atoms with van der Waals surface area (Å²) in [6.45, 7) is 7.70. The molecule has 2 heterocycles. The maximum Gasteiger partial charge on any atom is 0.0726 e. The van der Waals surface area contributed by atoms with Crippen molar-refractivity contribution in [3.05, 3.63) is 17.5 Å². The van der Waals surface area contributed by atoms with Crippen LogP contribution in [0, 0.1) is 0 Å². The van der Waals surface area contributed by atoms with Crippen LogP contribution >= 0.6 is 0 Å². The average Bonchev–Trinajstić information content (AvgIpc) is 2.69. The van der Waals surface area contributed by atoms with Crippen LogP contribution in [0.1, 0.15) is 44.5 Å². The van der Waals surface area contributed by atoms with Crippen LogP contribution in [-0.2, 0) is 12.5 Å². The van der Waals surface area contributed by atoms with Gasteiger partial charge >= 0.3 is 0 Å². The summed E-state index contributed by atoms with van der Waals surface area (Å²) in [5.41, 5.74) is 8.79. The minimum atomic E-state index is 0.0692. The van der Waals surface area contributed by atoms with Crippen LogP contribution in [0.2, 0.25) is 0 Å². The molecule has 2 unspecified atom stereocenters. The molecule has 0 saturated carbocycles. The molecule has 4 heteroatoms. The van der Waals surface area contributed by atoms with Crippen molar-refractivity contribution in [2.45, 2.75) is 44.7 Å². The second kappa shape index (κ2) is 4.10. The topological polar surface area (TPSA) is 47.1 Å². The highest BCUT2D eigenvalue weighted by atomic mass is 15.3. The van der Waals surface area contributed by atoms with Gasteiger partial charge in [-0.3, -0.25) is 9.58 Å². The molecule has 1 aromatic rings. The fourth-order valence-electron chi connectivity index (χ4n) is 2.75. The standard InChI is InChI=1S/C13H24N4/c1-13(2,3)12-9(8-17(5)15-12)11-10(14)6-7-16(11)4/h8,10-11H,6-7,14H2,1-5H3. The first-order valence-electron chi connectivity index (χ1n) is 6.30. The number of aryl methyl sites for hydroxylation is 1. The molecule has 1 fully saturated rings. The number of rotatable bonds is 1. The van der Waals surface area contributed by atoms with Gasteiger partial charge in [-0.2, -0.15) is 5.10 Å². The van der Waals surface area contributed by atoms with Crippen LogP contribution in [0.3, 0.4) is 0 Å². The van der Waals surface area contributed by atoms with Gasteiger partial charge in [0, 0.05) is 36.8 Å². The number of likely N-dealkylation sites (N-methyl/N-ethyl adjacent to an activating group) is 1. The molecule has 0 aliphatic carbocycles. The van der Waals surface area contributed by atoms with Gasteiger partial charge in [-0.15, -0.1) is 0 Å². The molecule has 0 aromatic carbocycles. The Balaban J connectivity index is 2.44. The zero-order valence-corrected chi connectivity index (χ0v) is 11.6. The van der Waals surface area contributed by atoms with Crippen LogP contribution in [0.5, 0.6) is 0 Å². The van der Waals surface area contributed by atoms with Crippen molar-refractivity contribution < 1.29 is 0 Å². The van der Waals surface area contributed by atoms with Gasteiger partial charge in [0.05, 0.1) is 11.7 Å². The summed E-state index contributed by atoms with van der Waals surface area (Å²) in [5.74, 6) is 0. The third-order valence-corrected chi connectivity index (χ3v) is 3.58. The van der Waals surface area contributed by atoms with Crippen LogP contribution in [-0.4, -0.2) is 34.3 Å². The van der Waals surface area contributed by atoms with Crippen LogP contribution in [0.15, 0.2) is 6.20 Å². The lowest BCUT2D eigenvalue weighted by Gasteiger charge is -2.26. The summed E-state index contributed by atoms with van der Waals surface area (Å²) in [5, 5.41) is 4.63. The molecular weight excluding hydrogens is 212 g/mol. The zero-order chi connectivity index (χ0) is 12.8. The molecule has 2 atom stereocenters. The molecule has 1 aliphatic rings. The molecule has 2 rings (SSSR count). The van der Waals surface area contributed by atoms with Gasteiger partial charge in [-0.05, 0) is 13.5 Å². The van der Waals surface area contributed by atoms with Crippen molar-refractivity contribution >= 4 is 0 Å². The minimum absolute atomic E-state index is 0.0692. The lowest BCUT2D eigenvalue weighted by Crippen LogP contribution is -2.31. The largest absolute Gasteiger partial charge is 0.326 e. The van der Waals surface area contributed by atoms with E-state index in [0.717, 1.165) is 13.0 Å². The highest BCUT2D eigenvalue weighted by Crippen LogP contribution is 2.35. The van der Waals surface area contributed by atoms with Crippen LogP contribution in [0.4, 0.5) is 0 Å². The molecule has 0 bridgehead atoms. The Morgan fingerprint density at radius 2 is 2.00 bits per heavy atom. The van der Waals surface area contributed by atoms with Crippen molar-refractivity contribution in [3.63, 3.8) is 0 Å². The number of hydrogen-bond acceptors (Lipinski definition) is 3. The predicted octanol–water partition coefficient (Wildman–Crippen LogP) is 1.42. The molecular formula is C13H24N4. The van der Waals surface area contributed by atoms with Gasteiger partial charge in [0.2, 0.25) is 0 Å². The zero-order valence-electron chi connectivity index (χ0n) is 11.6. The Morgan fingerprint density at radius 1 is 1.35 bits per heavy atom. The highest BCUT2D eigenvalue weighted by molar-refractivity contribution is 5.29. The average molecular weight is 236 g/mol. The smallest absolute Gasteiger partial charge is 0.0726 e. The number of likely N-dealkylation sites (tertiary alicyclic amines) is 1. The molecule has 1 aromatic heterocycles. The maximum absolute atomic E-state index is 6.24. The molecule has 1 aliphatic heterocycles. The Labute approximate surface area is 104 Å². The Kier molecular flexibility index (Phi) is 3.04. The van der Waals surface area contributed by atoms with Crippen molar-refractivity contribution in [2.24, 2.45) is 12.8 Å². The first-order valence-corrected chi connectivity index (χ1v) is 6.30. The number of nitrogens with two attached hydrogens (primary N) is 1. The van der Waals surface area contributed by atoms with Gasteiger partial charge < -0.3 is 5.73 Å². The van der Waals surface area contributed by atoms with E-state index in [4.69, 9.17) is 5.73 Å². The van der Waals surface area contributed by atoms with Gasteiger partial charge in [0.1, 0.15) is 0 Å². The quantitative estimate of drug-likeness (QED) is 0.802. The Hall–Kier alpha value is -0.870. The first kappa shape index (κ1) is 12.6. The molecule has 96 valence electrons. The molecule has 0 radical (unpaired) electrons. The number of hydrogen-bond donors (Lipinski definition) is 1. The first-order chi connectivity index (χ1) is 7.80. The van der Waals surface area contributed by atoms with E-state index in [1.807, 2.05) is 11.7 Å². The minimum Gasteiger partial charge on any atom is -0.326 e. The van der Waals surface area contributed by atoms with Crippen molar-refractivity contribution in [1.29, 1.82) is 0 Å². The third-order valence-electron chi connectivity index (χ3n) is 3.58. The molecule has 2 N–H and O–H groups in total.